The van der Waals surface area contributed by atoms with Crippen molar-refractivity contribution in [3.8, 4) is 0 Å². The van der Waals surface area contributed by atoms with Crippen molar-refractivity contribution < 1.29 is 9.47 Å². The molecule has 1 aliphatic rings. The van der Waals surface area contributed by atoms with Crippen LogP contribution in [0, 0.1) is 6.42 Å². The van der Waals surface area contributed by atoms with Crippen LogP contribution in [0.2, 0.25) is 0 Å². The summed E-state index contributed by atoms with van der Waals surface area (Å²) in [4.78, 5) is 0. The first-order valence-electron chi connectivity index (χ1n) is 6.53. The van der Waals surface area contributed by atoms with Gasteiger partial charge in [0.15, 0.2) is 5.82 Å². The zero-order valence-electron chi connectivity index (χ0n) is 11.6. The number of rotatable bonds is 5. The standard InChI is InChI=1S/C13H18N5O2/c1-18-13(6-9(17-18)8-19-2)14-12-7-10(15-16-12)11-4-3-5-20-11/h3,6-7,11H,4-5,8H2,1-2H3,(H2,14,15,16). The van der Waals surface area contributed by atoms with E-state index in [0.717, 1.165) is 29.4 Å². The van der Waals surface area contributed by atoms with Crippen molar-refractivity contribution >= 4 is 11.6 Å². The molecule has 0 bridgehead atoms. The minimum absolute atomic E-state index is 0.0913. The minimum atomic E-state index is 0.0913. The molecule has 3 rings (SSSR count). The molecule has 7 heteroatoms. The topological polar surface area (TPSA) is 77.0 Å². The zero-order chi connectivity index (χ0) is 13.9. The van der Waals surface area contributed by atoms with Crippen LogP contribution < -0.4 is 5.32 Å². The van der Waals surface area contributed by atoms with Gasteiger partial charge in [-0.3, -0.25) is 9.78 Å². The third-order valence-electron chi connectivity index (χ3n) is 3.22. The third kappa shape index (κ3) is 2.68. The van der Waals surface area contributed by atoms with E-state index < -0.39 is 0 Å². The van der Waals surface area contributed by atoms with Crippen LogP contribution in [0.15, 0.2) is 12.1 Å². The second-order valence-electron chi connectivity index (χ2n) is 4.76. The second-order valence-corrected chi connectivity index (χ2v) is 4.76. The van der Waals surface area contributed by atoms with Gasteiger partial charge in [-0.25, -0.2) is 0 Å². The normalized spacial score (nSPS) is 18.6. The molecule has 7 nitrogen and oxygen atoms in total. The summed E-state index contributed by atoms with van der Waals surface area (Å²) in [6.45, 7) is 1.20. The van der Waals surface area contributed by atoms with Crippen LogP contribution >= 0.6 is 0 Å². The van der Waals surface area contributed by atoms with E-state index in [4.69, 9.17) is 9.47 Å². The molecule has 2 N–H and O–H groups in total. The molecule has 1 aliphatic heterocycles. The molecule has 1 unspecified atom stereocenters. The fraction of sp³-hybridized carbons (Fsp3) is 0.462. The van der Waals surface area contributed by atoms with Crippen molar-refractivity contribution in [3.05, 3.63) is 29.9 Å². The predicted molar refractivity (Wildman–Crippen MR) is 73.4 cm³/mol. The second kappa shape index (κ2) is 5.64. The fourth-order valence-electron chi connectivity index (χ4n) is 2.25. The Bertz CT molecular complexity index is 571. The Hall–Kier alpha value is -1.86. The Kier molecular flexibility index (Phi) is 3.70. The summed E-state index contributed by atoms with van der Waals surface area (Å²) in [7, 11) is 3.53. The van der Waals surface area contributed by atoms with Crippen LogP contribution in [0.5, 0.6) is 0 Å². The Labute approximate surface area is 117 Å². The van der Waals surface area contributed by atoms with E-state index in [-0.39, 0.29) is 6.10 Å². The molecule has 20 heavy (non-hydrogen) atoms. The molecule has 0 amide bonds. The molecule has 2 aromatic rings. The number of aryl methyl sites for hydroxylation is 1. The lowest BCUT2D eigenvalue weighted by atomic mass is 10.2. The predicted octanol–water partition coefficient (Wildman–Crippen LogP) is 1.70. The highest BCUT2D eigenvalue weighted by molar-refractivity contribution is 5.52. The third-order valence-corrected chi connectivity index (χ3v) is 3.22. The highest BCUT2D eigenvalue weighted by Gasteiger charge is 2.20. The van der Waals surface area contributed by atoms with Crippen molar-refractivity contribution in [2.24, 2.45) is 7.05 Å². The summed E-state index contributed by atoms with van der Waals surface area (Å²) in [6, 6.07) is 3.91. The van der Waals surface area contributed by atoms with Crippen LogP contribution in [-0.2, 0) is 23.1 Å². The van der Waals surface area contributed by atoms with Gasteiger partial charge in [-0.2, -0.15) is 10.2 Å². The average molecular weight is 276 g/mol. The van der Waals surface area contributed by atoms with Crippen molar-refractivity contribution in [2.75, 3.05) is 19.0 Å². The van der Waals surface area contributed by atoms with Gasteiger partial charge in [0.25, 0.3) is 0 Å². The number of anilines is 2. The monoisotopic (exact) mass is 276 g/mol. The van der Waals surface area contributed by atoms with Gasteiger partial charge in [0.2, 0.25) is 0 Å². The molecule has 3 heterocycles. The molecular weight excluding hydrogens is 258 g/mol. The molecule has 1 atom stereocenters. The maximum absolute atomic E-state index is 5.57. The summed E-state index contributed by atoms with van der Waals surface area (Å²) < 4.78 is 12.4. The highest BCUT2D eigenvalue weighted by Crippen LogP contribution is 2.28. The number of nitrogens with one attached hydrogen (secondary N) is 2. The van der Waals surface area contributed by atoms with Crippen molar-refractivity contribution in [2.45, 2.75) is 19.1 Å². The van der Waals surface area contributed by atoms with Crippen LogP contribution in [0.25, 0.3) is 0 Å². The average Bonchev–Trinajstić information content (AvgIpc) is 3.13. The number of aromatic amines is 1. The maximum Gasteiger partial charge on any atom is 0.153 e. The van der Waals surface area contributed by atoms with Crippen LogP contribution in [-0.4, -0.2) is 33.7 Å². The van der Waals surface area contributed by atoms with E-state index in [0.29, 0.717) is 13.2 Å². The first-order chi connectivity index (χ1) is 9.76. The molecular formula is C13H18N5O2. The van der Waals surface area contributed by atoms with Gasteiger partial charge in [-0.1, -0.05) is 0 Å². The van der Waals surface area contributed by atoms with Gasteiger partial charge < -0.3 is 14.8 Å². The van der Waals surface area contributed by atoms with E-state index >= 15 is 0 Å². The zero-order valence-corrected chi connectivity index (χ0v) is 11.6. The summed E-state index contributed by atoms with van der Waals surface area (Å²) in [5, 5.41) is 14.8. The summed E-state index contributed by atoms with van der Waals surface area (Å²) in [6.07, 6.45) is 3.14. The Morgan fingerprint density at radius 3 is 3.20 bits per heavy atom. The van der Waals surface area contributed by atoms with Crippen molar-refractivity contribution in [1.82, 2.24) is 20.0 Å². The number of hydrogen-bond donors (Lipinski definition) is 2. The van der Waals surface area contributed by atoms with Gasteiger partial charge in [-0.15, -0.1) is 0 Å². The van der Waals surface area contributed by atoms with E-state index in [1.54, 1.807) is 11.8 Å². The number of H-pyrrole nitrogens is 1. The van der Waals surface area contributed by atoms with Gasteiger partial charge in [0.05, 0.1) is 30.7 Å². The van der Waals surface area contributed by atoms with Gasteiger partial charge in [-0.05, 0) is 12.8 Å². The van der Waals surface area contributed by atoms with E-state index in [1.165, 1.54) is 0 Å². The number of nitrogens with zero attached hydrogens (tertiary/aromatic N) is 3. The largest absolute Gasteiger partial charge is 0.378 e. The molecule has 2 aromatic heterocycles. The first-order valence-corrected chi connectivity index (χ1v) is 6.53. The van der Waals surface area contributed by atoms with Crippen LogP contribution in [0.1, 0.15) is 23.9 Å². The molecule has 0 spiro atoms. The van der Waals surface area contributed by atoms with E-state index in [9.17, 15) is 0 Å². The quantitative estimate of drug-likeness (QED) is 0.869. The minimum Gasteiger partial charge on any atom is -0.378 e. The van der Waals surface area contributed by atoms with Gasteiger partial charge >= 0.3 is 0 Å². The molecule has 1 fully saturated rings. The lowest BCUT2D eigenvalue weighted by molar-refractivity contribution is 0.111. The van der Waals surface area contributed by atoms with Gasteiger partial charge in [0, 0.05) is 26.3 Å². The number of hydrogen-bond acceptors (Lipinski definition) is 5. The summed E-state index contributed by atoms with van der Waals surface area (Å²) in [5.41, 5.74) is 1.86. The Morgan fingerprint density at radius 2 is 2.45 bits per heavy atom. The van der Waals surface area contributed by atoms with Crippen molar-refractivity contribution in [3.63, 3.8) is 0 Å². The smallest absolute Gasteiger partial charge is 0.153 e. The molecule has 1 radical (unpaired) electrons. The maximum atomic E-state index is 5.57. The van der Waals surface area contributed by atoms with Crippen LogP contribution in [0.3, 0.4) is 0 Å². The van der Waals surface area contributed by atoms with E-state index in [1.807, 2.05) is 19.2 Å². The number of methoxy groups -OCH3 is 1. The summed E-state index contributed by atoms with van der Waals surface area (Å²) in [5.74, 6) is 1.62. The van der Waals surface area contributed by atoms with Gasteiger partial charge in [0.1, 0.15) is 5.82 Å². The SMILES string of the molecule is COCc1cc(Nc2cc(C3C[CH]CO3)[nH]n2)n(C)n1. The first kappa shape index (κ1) is 13.1. The summed E-state index contributed by atoms with van der Waals surface area (Å²) >= 11 is 0. The number of ether oxygens (including phenoxy) is 2. The fourth-order valence-corrected chi connectivity index (χ4v) is 2.25. The molecule has 107 valence electrons. The van der Waals surface area contributed by atoms with Crippen molar-refractivity contribution in [1.29, 1.82) is 0 Å². The van der Waals surface area contributed by atoms with Crippen LogP contribution in [0.4, 0.5) is 11.6 Å². The molecule has 0 aliphatic carbocycles. The Balaban J connectivity index is 1.71. The molecule has 0 saturated carbocycles. The number of aromatic nitrogens is 4. The lowest BCUT2D eigenvalue weighted by Crippen LogP contribution is -1.99. The highest BCUT2D eigenvalue weighted by atomic mass is 16.5. The van der Waals surface area contributed by atoms with E-state index in [2.05, 4.69) is 27.0 Å². The lowest BCUT2D eigenvalue weighted by Gasteiger charge is -2.04. The molecule has 1 saturated heterocycles. The molecule has 0 aromatic carbocycles. The Morgan fingerprint density at radius 1 is 1.55 bits per heavy atom.